The van der Waals surface area contributed by atoms with Crippen molar-refractivity contribution in [3.8, 4) is 106 Å². The summed E-state index contributed by atoms with van der Waals surface area (Å²) in [5.41, 5.74) is 24.5. The molecule has 0 N–H and O–H groups in total. The monoisotopic (exact) mass is 1340 g/mol. The maximum Gasteiger partial charge on any atom is 0.219 e. The lowest BCUT2D eigenvalue weighted by atomic mass is 9.83. The van der Waals surface area contributed by atoms with Crippen LogP contribution in [0.5, 0.6) is 0 Å². The van der Waals surface area contributed by atoms with Crippen LogP contribution < -0.4 is 4.57 Å². The highest BCUT2D eigenvalue weighted by atomic mass is 16.3. The van der Waals surface area contributed by atoms with Crippen molar-refractivity contribution < 1.29 is 17.8 Å². The molecule has 8 nitrogen and oxygen atoms in total. The van der Waals surface area contributed by atoms with Crippen LogP contribution in [0.15, 0.2) is 335 Å². The minimum atomic E-state index is -0.175. The van der Waals surface area contributed by atoms with E-state index >= 15 is 0 Å². The van der Waals surface area contributed by atoms with Gasteiger partial charge in [0.15, 0.2) is 17.8 Å². The van der Waals surface area contributed by atoms with Gasteiger partial charge in [-0.25, -0.2) is 15.0 Å². The van der Waals surface area contributed by atoms with Gasteiger partial charge >= 0.3 is 0 Å². The highest BCUT2D eigenvalue weighted by Gasteiger charge is 2.29. The molecule has 0 fully saturated rings. The van der Waals surface area contributed by atoms with Gasteiger partial charge in [0.2, 0.25) is 11.2 Å². The Morgan fingerprint density at radius 2 is 0.838 bits per heavy atom. The van der Waals surface area contributed by atoms with Crippen molar-refractivity contribution in [3.05, 3.63) is 328 Å². The largest absolute Gasteiger partial charge is 0.456 e. The Morgan fingerprint density at radius 1 is 0.295 bits per heavy atom. The van der Waals surface area contributed by atoms with Crippen LogP contribution in [0, 0.1) is 0 Å². The molecule has 0 radical (unpaired) electrons. The molecule has 0 saturated carbocycles. The lowest BCUT2D eigenvalue weighted by Gasteiger charge is -2.22. The van der Waals surface area contributed by atoms with E-state index < -0.39 is 0 Å². The maximum absolute atomic E-state index is 7.68. The number of fused-ring (bicyclic) bond motifs is 7. The first-order valence-corrected chi connectivity index (χ1v) is 35.7. The third-order valence-electron chi connectivity index (χ3n) is 21.4. The molecular formula is C97H62N5O3+. The quantitative estimate of drug-likeness (QED) is 0.126. The van der Waals surface area contributed by atoms with Gasteiger partial charge in [-0.15, -0.1) is 0 Å². The van der Waals surface area contributed by atoms with Crippen LogP contribution in [0.1, 0.15) is 26.3 Å². The topological polar surface area (TPSA) is 94.9 Å². The van der Waals surface area contributed by atoms with Gasteiger partial charge in [-0.2, -0.15) is 4.57 Å². The van der Waals surface area contributed by atoms with Crippen LogP contribution >= 0.6 is 0 Å². The maximum atomic E-state index is 7.68. The van der Waals surface area contributed by atoms with E-state index in [-0.39, 0.29) is 5.41 Å². The summed E-state index contributed by atoms with van der Waals surface area (Å²) in [6.07, 6.45) is 7.75. The number of hydrogen-bond donors (Lipinski definition) is 0. The van der Waals surface area contributed by atoms with E-state index in [4.69, 9.17) is 33.2 Å². The smallest absolute Gasteiger partial charge is 0.219 e. The number of furan rings is 3. The molecule has 15 aromatic carbocycles. The first kappa shape index (κ1) is 60.1. The summed E-state index contributed by atoms with van der Waals surface area (Å²) in [6.45, 7) is 6.68. The molecule has 0 aliphatic carbocycles. The van der Waals surface area contributed by atoms with Crippen LogP contribution in [0.4, 0.5) is 0 Å². The van der Waals surface area contributed by atoms with E-state index in [1.54, 1.807) is 6.33 Å². The molecule has 0 unspecified atom stereocenters. The van der Waals surface area contributed by atoms with Crippen molar-refractivity contribution in [2.24, 2.45) is 0 Å². The van der Waals surface area contributed by atoms with Crippen molar-refractivity contribution in [1.82, 2.24) is 19.9 Å². The van der Waals surface area contributed by atoms with Crippen LogP contribution in [0.3, 0.4) is 0 Å². The molecule has 0 aliphatic heterocycles. The molecule has 21 rings (SSSR count). The lowest BCUT2D eigenvalue weighted by molar-refractivity contribution is -0.567. The average Bonchev–Trinajstić information content (AvgIpc) is 1.56. The van der Waals surface area contributed by atoms with E-state index in [1.807, 2.05) is 24.5 Å². The Balaban J connectivity index is 0.815. The van der Waals surface area contributed by atoms with Gasteiger partial charge in [-0.05, 0) is 166 Å². The third-order valence-corrected chi connectivity index (χ3v) is 21.4. The van der Waals surface area contributed by atoms with Crippen molar-refractivity contribution in [2.75, 3.05) is 0 Å². The molecule has 6 aromatic heterocycles. The average molecular weight is 1350 g/mol. The standard InChI is InChI=1S/C97H62N5O3/c1-97(2,3)82-34-11-9-28-77(82)96-100-56-99-95(101-96)66-49-80-79-48-65(59-40-38-58(39-41-59)62-24-14-26-64(46-62)73-32-17-37-85-89(73)78-29-10-12-36-84(78)103-85)50-87-92(79)93-76(43-42-74(94(93)105-87)68-47-67(54-98-55-68)72-30-15-22-60-21-7-8-27-70(60)72)81-52-69(53-88-91(81)90(80)86(51-66)104-88)102-44-18-33-75-71(31-16-35-83(75)102)63-25-13-23-61(45-63)57-19-5-4-6-20-57/h4-56H,1-3H3/q+1. The van der Waals surface area contributed by atoms with Crippen molar-refractivity contribution in [1.29, 1.82) is 0 Å². The minimum Gasteiger partial charge on any atom is -0.456 e. The predicted molar refractivity (Wildman–Crippen MR) is 430 cm³/mol. The first-order chi connectivity index (χ1) is 51.7. The Hall–Kier alpha value is -13.7. The molecule has 0 bridgehead atoms. The van der Waals surface area contributed by atoms with Crippen LogP contribution in [0.2, 0.25) is 0 Å². The Labute approximate surface area is 603 Å². The summed E-state index contributed by atoms with van der Waals surface area (Å²) >= 11 is 0. The van der Waals surface area contributed by atoms with E-state index in [9.17, 15) is 0 Å². The number of nitrogens with zero attached hydrogens (tertiary/aromatic N) is 5. The summed E-state index contributed by atoms with van der Waals surface area (Å²) < 4.78 is 23.8. The molecule has 0 spiro atoms. The molecule has 6 heterocycles. The molecule has 21 aromatic rings. The second kappa shape index (κ2) is 23.4. The van der Waals surface area contributed by atoms with Gasteiger partial charge in [0.1, 0.15) is 39.8 Å². The molecule has 0 atom stereocenters. The SMILES string of the molecule is CC(C)(C)c1ccccc1-c1ncnc(-c2cc3oc4cc(-[n+]5cccc6c(-c7cccc(-c8ccccc8)c7)cccc65)cc5c6ccc(-c7cncc(-c8cccc9ccccc89)c7)c7oc8cc(-c9ccc(-c%10cccc(-c%11cccc%12oc%13ccccc%13c%11%12)c%10)cc9)cc(c(c2)c3c45)c8c76)n1. The van der Waals surface area contributed by atoms with E-state index in [0.29, 0.717) is 17.2 Å². The Bertz CT molecular complexity index is 7130. The van der Waals surface area contributed by atoms with Crippen LogP contribution in [-0.4, -0.2) is 19.9 Å². The van der Waals surface area contributed by atoms with Crippen molar-refractivity contribution >= 4 is 109 Å². The van der Waals surface area contributed by atoms with Gasteiger partial charge in [-0.1, -0.05) is 227 Å². The number of pyridine rings is 2. The fraction of sp³-hybridized carbons (Fsp3) is 0.0412. The molecule has 8 heteroatoms. The van der Waals surface area contributed by atoms with Crippen LogP contribution in [0.25, 0.3) is 215 Å². The first-order valence-electron chi connectivity index (χ1n) is 35.7. The van der Waals surface area contributed by atoms with Crippen molar-refractivity contribution in [2.45, 2.75) is 26.2 Å². The molecule has 0 saturated heterocycles. The normalized spacial score (nSPS) is 12.1. The second-order valence-corrected chi connectivity index (χ2v) is 28.6. The Kier molecular flexibility index (Phi) is 13.4. The highest BCUT2D eigenvalue weighted by molar-refractivity contribution is 6.38. The summed E-state index contributed by atoms with van der Waals surface area (Å²) in [5.74, 6) is 1.13. The Morgan fingerprint density at radius 3 is 1.66 bits per heavy atom. The molecule has 0 amide bonds. The highest BCUT2D eigenvalue weighted by Crippen LogP contribution is 2.51. The third kappa shape index (κ3) is 9.78. The fourth-order valence-electron chi connectivity index (χ4n) is 16.6. The lowest BCUT2D eigenvalue weighted by Crippen LogP contribution is -2.30. The van der Waals surface area contributed by atoms with Gasteiger partial charge < -0.3 is 13.3 Å². The number of hydrogen-bond acceptors (Lipinski definition) is 7. The van der Waals surface area contributed by atoms with E-state index in [1.165, 1.54) is 16.5 Å². The summed E-state index contributed by atoms with van der Waals surface area (Å²) in [7, 11) is 0. The van der Waals surface area contributed by atoms with E-state index in [2.05, 4.69) is 317 Å². The van der Waals surface area contributed by atoms with Gasteiger partial charge in [0.05, 0.1) is 11.5 Å². The molecule has 0 aliphatic rings. The zero-order chi connectivity index (χ0) is 69.6. The fourth-order valence-corrected chi connectivity index (χ4v) is 16.6. The number of para-hydroxylation sites is 1. The van der Waals surface area contributed by atoms with Crippen LogP contribution in [-0.2, 0) is 5.41 Å². The second-order valence-electron chi connectivity index (χ2n) is 28.6. The summed E-state index contributed by atoms with van der Waals surface area (Å²) in [4.78, 5) is 20.3. The van der Waals surface area contributed by atoms with E-state index in [0.717, 1.165) is 187 Å². The van der Waals surface area contributed by atoms with Crippen molar-refractivity contribution in [3.63, 3.8) is 0 Å². The zero-order valence-corrected chi connectivity index (χ0v) is 57.6. The van der Waals surface area contributed by atoms with Gasteiger partial charge in [0.25, 0.3) is 0 Å². The van der Waals surface area contributed by atoms with Gasteiger partial charge in [-0.3, -0.25) is 4.98 Å². The molecule has 105 heavy (non-hydrogen) atoms. The number of benzene rings is 14. The molecule has 492 valence electrons. The predicted octanol–water partition coefficient (Wildman–Crippen LogP) is 25.6. The summed E-state index contributed by atoms with van der Waals surface area (Å²) in [5, 5.41) is 13.6. The zero-order valence-electron chi connectivity index (χ0n) is 57.6. The molecular weight excluding hydrogens is 1280 g/mol. The number of aromatic nitrogens is 5. The minimum absolute atomic E-state index is 0.175. The summed E-state index contributed by atoms with van der Waals surface area (Å²) in [6, 6.07) is 107. The van der Waals surface area contributed by atoms with Gasteiger partial charge in [0, 0.05) is 96.1 Å². The number of rotatable bonds is 10.